The van der Waals surface area contributed by atoms with Crippen LogP contribution in [0.4, 0.5) is 14.5 Å². The van der Waals surface area contributed by atoms with Crippen LogP contribution >= 0.6 is 0 Å². The Labute approximate surface area is 155 Å². The molecule has 0 radical (unpaired) electrons. The molecule has 0 heterocycles. The lowest BCUT2D eigenvalue weighted by molar-refractivity contribution is -0.117. The fourth-order valence-corrected chi connectivity index (χ4v) is 3.40. The van der Waals surface area contributed by atoms with Crippen LogP contribution in [0.25, 0.3) is 0 Å². The first kappa shape index (κ1) is 20.6. The standard InChI is InChI=1S/C17H18F2N2O5S/c1-10(17(22)20-16-12(18)5-4-6-13(16)19)21-27(23,24)11-7-8-14(25-2)15(9-11)26-3/h4-10,21H,1-3H3,(H,20,22). The predicted octanol–water partition coefficient (Wildman–Crippen LogP) is 2.29. The molecular formula is C17H18F2N2O5S. The van der Waals surface area contributed by atoms with Gasteiger partial charge in [-0.25, -0.2) is 17.2 Å². The van der Waals surface area contributed by atoms with Crippen molar-refractivity contribution >= 4 is 21.6 Å². The van der Waals surface area contributed by atoms with Gasteiger partial charge in [0.05, 0.1) is 25.2 Å². The number of ether oxygens (including phenoxy) is 2. The van der Waals surface area contributed by atoms with Gasteiger partial charge < -0.3 is 14.8 Å². The molecule has 0 saturated carbocycles. The fourth-order valence-electron chi connectivity index (χ4n) is 2.19. The molecule has 2 aromatic rings. The molecule has 1 atom stereocenters. The number of anilines is 1. The van der Waals surface area contributed by atoms with Gasteiger partial charge in [0.15, 0.2) is 11.5 Å². The highest BCUT2D eigenvalue weighted by Gasteiger charge is 2.24. The van der Waals surface area contributed by atoms with Gasteiger partial charge in [0.25, 0.3) is 0 Å². The highest BCUT2D eigenvalue weighted by atomic mass is 32.2. The van der Waals surface area contributed by atoms with Crippen LogP contribution in [0.3, 0.4) is 0 Å². The Morgan fingerprint density at radius 3 is 2.19 bits per heavy atom. The van der Waals surface area contributed by atoms with Crippen LogP contribution in [0.1, 0.15) is 6.92 Å². The number of rotatable bonds is 7. The molecule has 0 aromatic heterocycles. The van der Waals surface area contributed by atoms with Gasteiger partial charge in [-0.05, 0) is 31.2 Å². The first-order valence-electron chi connectivity index (χ1n) is 7.69. The number of methoxy groups -OCH3 is 2. The van der Waals surface area contributed by atoms with Crippen molar-refractivity contribution in [2.24, 2.45) is 0 Å². The Bertz CT molecular complexity index is 930. The third kappa shape index (κ3) is 4.72. The molecule has 2 aromatic carbocycles. The number of nitrogens with one attached hydrogen (secondary N) is 2. The van der Waals surface area contributed by atoms with E-state index in [9.17, 15) is 22.0 Å². The third-order valence-corrected chi connectivity index (χ3v) is 5.14. The van der Waals surface area contributed by atoms with E-state index in [4.69, 9.17) is 9.47 Å². The second kappa shape index (κ2) is 8.31. The molecule has 0 bridgehead atoms. The van der Waals surface area contributed by atoms with Crippen molar-refractivity contribution in [1.82, 2.24) is 4.72 Å². The molecule has 7 nitrogen and oxygen atoms in total. The average Bonchev–Trinajstić information content (AvgIpc) is 2.63. The molecule has 0 aliphatic carbocycles. The van der Waals surface area contributed by atoms with Gasteiger partial charge in [0.1, 0.15) is 17.3 Å². The van der Waals surface area contributed by atoms with Gasteiger partial charge >= 0.3 is 0 Å². The summed E-state index contributed by atoms with van der Waals surface area (Å²) in [5.74, 6) is -2.36. The van der Waals surface area contributed by atoms with Crippen LogP contribution in [0, 0.1) is 11.6 Å². The van der Waals surface area contributed by atoms with E-state index in [0.717, 1.165) is 18.2 Å². The highest BCUT2D eigenvalue weighted by Crippen LogP contribution is 2.29. The molecule has 1 unspecified atom stereocenters. The molecule has 2 rings (SSSR count). The second-order valence-corrected chi connectivity index (χ2v) is 7.16. The number of hydrogen-bond donors (Lipinski definition) is 2. The van der Waals surface area contributed by atoms with Crippen molar-refractivity contribution in [2.45, 2.75) is 17.9 Å². The van der Waals surface area contributed by atoms with Crippen molar-refractivity contribution in [3.8, 4) is 11.5 Å². The number of benzene rings is 2. The summed E-state index contributed by atoms with van der Waals surface area (Å²) in [5.41, 5.74) is -0.653. The van der Waals surface area contributed by atoms with Crippen molar-refractivity contribution in [3.05, 3.63) is 48.0 Å². The minimum Gasteiger partial charge on any atom is -0.493 e. The molecule has 0 aliphatic rings. The molecule has 1 amide bonds. The Morgan fingerprint density at radius 1 is 1.04 bits per heavy atom. The van der Waals surface area contributed by atoms with E-state index in [1.165, 1.54) is 39.3 Å². The van der Waals surface area contributed by atoms with Gasteiger partial charge in [-0.3, -0.25) is 4.79 Å². The maximum absolute atomic E-state index is 13.6. The number of hydrogen-bond acceptors (Lipinski definition) is 5. The van der Waals surface area contributed by atoms with Crippen LogP contribution in [-0.4, -0.2) is 34.6 Å². The first-order valence-corrected chi connectivity index (χ1v) is 9.17. The van der Waals surface area contributed by atoms with Crippen LogP contribution < -0.4 is 19.5 Å². The SMILES string of the molecule is COc1ccc(S(=O)(=O)NC(C)C(=O)Nc2c(F)cccc2F)cc1OC. The summed E-state index contributed by atoms with van der Waals surface area (Å²) in [7, 11) is -1.36. The van der Waals surface area contributed by atoms with Gasteiger partial charge in [-0.1, -0.05) is 6.07 Å². The van der Waals surface area contributed by atoms with Crippen LogP contribution in [0.5, 0.6) is 11.5 Å². The summed E-state index contributed by atoms with van der Waals surface area (Å²) in [5, 5.41) is 2.03. The lowest BCUT2D eigenvalue weighted by atomic mass is 10.2. The monoisotopic (exact) mass is 400 g/mol. The number of carbonyl (C=O) groups is 1. The highest BCUT2D eigenvalue weighted by molar-refractivity contribution is 7.89. The minimum absolute atomic E-state index is 0.170. The zero-order valence-electron chi connectivity index (χ0n) is 14.7. The van der Waals surface area contributed by atoms with Gasteiger partial charge in [0.2, 0.25) is 15.9 Å². The molecule has 0 spiro atoms. The van der Waals surface area contributed by atoms with Gasteiger partial charge in [-0.2, -0.15) is 4.72 Å². The van der Waals surface area contributed by atoms with Crippen molar-refractivity contribution in [2.75, 3.05) is 19.5 Å². The first-order chi connectivity index (χ1) is 12.7. The van der Waals surface area contributed by atoms with Gasteiger partial charge in [-0.15, -0.1) is 0 Å². The smallest absolute Gasteiger partial charge is 0.242 e. The van der Waals surface area contributed by atoms with E-state index in [2.05, 4.69) is 4.72 Å². The lowest BCUT2D eigenvalue weighted by Gasteiger charge is -2.16. The maximum atomic E-state index is 13.6. The fraction of sp³-hybridized carbons (Fsp3) is 0.235. The molecule has 10 heteroatoms. The van der Waals surface area contributed by atoms with E-state index in [-0.39, 0.29) is 10.6 Å². The summed E-state index contributed by atoms with van der Waals surface area (Å²) < 4.78 is 64.4. The molecule has 146 valence electrons. The molecule has 0 fully saturated rings. The van der Waals surface area contributed by atoms with Crippen molar-refractivity contribution in [3.63, 3.8) is 0 Å². The van der Waals surface area contributed by atoms with E-state index in [0.29, 0.717) is 5.75 Å². The quantitative estimate of drug-likeness (QED) is 0.744. The van der Waals surface area contributed by atoms with Crippen LogP contribution in [0.15, 0.2) is 41.3 Å². The van der Waals surface area contributed by atoms with Crippen LogP contribution in [0.2, 0.25) is 0 Å². The van der Waals surface area contributed by atoms with E-state index < -0.39 is 39.3 Å². The topological polar surface area (TPSA) is 93.7 Å². The number of para-hydroxylation sites is 1. The Kier molecular flexibility index (Phi) is 6.34. The Balaban J connectivity index is 2.18. The summed E-state index contributed by atoms with van der Waals surface area (Å²) in [6.45, 7) is 1.24. The predicted molar refractivity (Wildman–Crippen MR) is 94.3 cm³/mol. The largest absolute Gasteiger partial charge is 0.493 e. The summed E-state index contributed by atoms with van der Waals surface area (Å²) in [4.78, 5) is 12.0. The average molecular weight is 400 g/mol. The second-order valence-electron chi connectivity index (χ2n) is 5.45. The molecule has 0 aliphatic heterocycles. The Morgan fingerprint density at radius 2 is 1.63 bits per heavy atom. The normalized spacial score (nSPS) is 12.3. The zero-order chi connectivity index (χ0) is 20.2. The molecule has 0 saturated heterocycles. The summed E-state index contributed by atoms with van der Waals surface area (Å²) in [6, 6.07) is 5.67. The number of carbonyl (C=O) groups excluding carboxylic acids is 1. The zero-order valence-corrected chi connectivity index (χ0v) is 15.6. The third-order valence-electron chi connectivity index (χ3n) is 3.60. The maximum Gasteiger partial charge on any atom is 0.242 e. The Hall–Kier alpha value is -2.72. The van der Waals surface area contributed by atoms with Gasteiger partial charge in [0, 0.05) is 6.07 Å². The molecular weight excluding hydrogens is 382 g/mol. The number of halogens is 2. The lowest BCUT2D eigenvalue weighted by Crippen LogP contribution is -2.41. The number of sulfonamides is 1. The number of amides is 1. The molecule has 27 heavy (non-hydrogen) atoms. The van der Waals surface area contributed by atoms with Crippen molar-refractivity contribution < 1.29 is 31.5 Å². The summed E-state index contributed by atoms with van der Waals surface area (Å²) in [6.07, 6.45) is 0. The van der Waals surface area contributed by atoms with E-state index >= 15 is 0 Å². The minimum atomic E-state index is -4.11. The van der Waals surface area contributed by atoms with Crippen molar-refractivity contribution in [1.29, 1.82) is 0 Å². The van der Waals surface area contributed by atoms with Crippen LogP contribution in [-0.2, 0) is 14.8 Å². The summed E-state index contributed by atoms with van der Waals surface area (Å²) >= 11 is 0. The van der Waals surface area contributed by atoms with E-state index in [1.807, 2.05) is 5.32 Å². The van der Waals surface area contributed by atoms with E-state index in [1.54, 1.807) is 0 Å². The molecule has 2 N–H and O–H groups in total.